The molecule has 2 heterocycles. The molecule has 2 aromatic rings. The van der Waals surface area contributed by atoms with Crippen molar-refractivity contribution in [2.24, 2.45) is 5.16 Å². The van der Waals surface area contributed by atoms with Gasteiger partial charge in [-0.2, -0.15) is 4.98 Å². The Morgan fingerprint density at radius 3 is 2.58 bits per heavy atom. The van der Waals surface area contributed by atoms with Gasteiger partial charge in [0.1, 0.15) is 6.61 Å². The Balaban J connectivity index is 1.70. The molecule has 0 bridgehead atoms. The van der Waals surface area contributed by atoms with Crippen LogP contribution in [0.1, 0.15) is 31.4 Å². The number of nitrogens with zero attached hydrogens (tertiary/aromatic N) is 4. The van der Waals surface area contributed by atoms with Crippen LogP contribution < -0.4 is 0 Å². The number of hydrogen-bond acceptors (Lipinski definition) is 7. The Labute approximate surface area is 151 Å². The third-order valence-electron chi connectivity index (χ3n) is 3.94. The van der Waals surface area contributed by atoms with Gasteiger partial charge in [0.2, 0.25) is 11.7 Å². The number of carbonyl (C=O) groups excluding carboxylic acids is 1. The number of oxime groups is 1. The number of likely N-dealkylation sites (tertiary alicyclic amines) is 1. The van der Waals surface area contributed by atoms with Crippen LogP contribution in [0, 0.1) is 6.92 Å². The lowest BCUT2D eigenvalue weighted by molar-refractivity contribution is -0.144. The van der Waals surface area contributed by atoms with Gasteiger partial charge in [0, 0.05) is 19.1 Å². The number of benzene rings is 1. The standard InChI is InChI=1S/C18H22N4O4/c1-4-24-16(18(23)22-10-15(11-22)20-25-5-2)13-6-8-14(9-7-13)17-19-12(3)26-21-17/h6-9,16H,4-5,10-11H2,1-3H3. The quantitative estimate of drug-likeness (QED) is 0.706. The highest BCUT2D eigenvalue weighted by Gasteiger charge is 2.33. The molecule has 26 heavy (non-hydrogen) atoms. The average molecular weight is 358 g/mol. The molecule has 0 N–H and O–H groups in total. The lowest BCUT2D eigenvalue weighted by Crippen LogP contribution is -2.52. The predicted octanol–water partition coefficient (Wildman–Crippen LogP) is 2.36. The molecule has 1 aromatic heterocycles. The summed E-state index contributed by atoms with van der Waals surface area (Å²) in [5.41, 5.74) is 2.47. The molecular weight excluding hydrogens is 336 g/mol. The molecule has 8 heteroatoms. The first-order valence-corrected chi connectivity index (χ1v) is 8.61. The second kappa shape index (κ2) is 8.09. The van der Waals surface area contributed by atoms with Crippen molar-refractivity contribution in [1.29, 1.82) is 0 Å². The van der Waals surface area contributed by atoms with E-state index in [0.29, 0.717) is 38.0 Å². The summed E-state index contributed by atoms with van der Waals surface area (Å²) >= 11 is 0. The van der Waals surface area contributed by atoms with Crippen molar-refractivity contribution in [3.63, 3.8) is 0 Å². The summed E-state index contributed by atoms with van der Waals surface area (Å²) < 4.78 is 10.7. The van der Waals surface area contributed by atoms with Gasteiger partial charge in [-0.3, -0.25) is 4.79 Å². The normalized spacial score (nSPS) is 14.7. The molecule has 3 rings (SSSR count). The van der Waals surface area contributed by atoms with Gasteiger partial charge in [-0.05, 0) is 19.4 Å². The molecule has 1 aliphatic rings. The van der Waals surface area contributed by atoms with Gasteiger partial charge in [-0.1, -0.05) is 34.6 Å². The Hall–Kier alpha value is -2.74. The Bertz CT molecular complexity index is 777. The molecule has 0 saturated carbocycles. The van der Waals surface area contributed by atoms with Crippen LogP contribution in [0.25, 0.3) is 11.4 Å². The highest BCUT2D eigenvalue weighted by molar-refractivity contribution is 6.00. The number of hydrogen-bond donors (Lipinski definition) is 0. The van der Waals surface area contributed by atoms with E-state index in [9.17, 15) is 4.79 Å². The van der Waals surface area contributed by atoms with Crippen LogP contribution in [0.15, 0.2) is 33.9 Å². The van der Waals surface area contributed by atoms with Crippen molar-refractivity contribution >= 4 is 11.6 Å². The molecule has 1 amide bonds. The van der Waals surface area contributed by atoms with Crippen LogP contribution in [0.5, 0.6) is 0 Å². The summed E-state index contributed by atoms with van der Waals surface area (Å²) in [5.74, 6) is 0.951. The highest BCUT2D eigenvalue weighted by atomic mass is 16.6. The van der Waals surface area contributed by atoms with Crippen molar-refractivity contribution < 1.29 is 18.9 Å². The summed E-state index contributed by atoms with van der Waals surface area (Å²) in [5, 5.41) is 7.86. The summed E-state index contributed by atoms with van der Waals surface area (Å²) in [4.78, 5) is 23.7. The zero-order chi connectivity index (χ0) is 18.5. The fourth-order valence-electron chi connectivity index (χ4n) is 2.63. The summed E-state index contributed by atoms with van der Waals surface area (Å²) in [6.45, 7) is 7.39. The second-order valence-corrected chi connectivity index (χ2v) is 5.86. The second-order valence-electron chi connectivity index (χ2n) is 5.86. The smallest absolute Gasteiger partial charge is 0.257 e. The summed E-state index contributed by atoms with van der Waals surface area (Å²) in [6, 6.07) is 7.43. The molecule has 138 valence electrons. The first kappa shape index (κ1) is 18.1. The monoisotopic (exact) mass is 358 g/mol. The van der Waals surface area contributed by atoms with Crippen molar-refractivity contribution in [1.82, 2.24) is 15.0 Å². The third-order valence-corrected chi connectivity index (χ3v) is 3.94. The molecule has 1 saturated heterocycles. The van der Waals surface area contributed by atoms with E-state index < -0.39 is 6.10 Å². The van der Waals surface area contributed by atoms with Crippen molar-refractivity contribution in [2.75, 3.05) is 26.3 Å². The summed E-state index contributed by atoms with van der Waals surface area (Å²) in [6.07, 6.45) is -0.644. The van der Waals surface area contributed by atoms with Crippen LogP contribution >= 0.6 is 0 Å². The molecule has 1 atom stereocenters. The fourth-order valence-corrected chi connectivity index (χ4v) is 2.63. The van der Waals surface area contributed by atoms with E-state index in [2.05, 4.69) is 15.3 Å². The van der Waals surface area contributed by atoms with Gasteiger partial charge >= 0.3 is 0 Å². The Morgan fingerprint density at radius 1 is 1.27 bits per heavy atom. The minimum absolute atomic E-state index is 0.0783. The Kier molecular flexibility index (Phi) is 5.62. The molecule has 1 aliphatic heterocycles. The minimum atomic E-state index is -0.644. The number of carbonyl (C=O) groups is 1. The van der Waals surface area contributed by atoms with Gasteiger partial charge in [-0.15, -0.1) is 0 Å². The largest absolute Gasteiger partial charge is 0.396 e. The molecule has 0 radical (unpaired) electrons. The average Bonchev–Trinajstić information content (AvgIpc) is 3.05. The molecule has 0 spiro atoms. The van der Waals surface area contributed by atoms with E-state index in [4.69, 9.17) is 14.1 Å². The third kappa shape index (κ3) is 3.91. The fraction of sp³-hybridized carbons (Fsp3) is 0.444. The van der Waals surface area contributed by atoms with Crippen molar-refractivity contribution in [3.05, 3.63) is 35.7 Å². The first-order valence-electron chi connectivity index (χ1n) is 8.61. The molecule has 0 aliphatic carbocycles. The molecule has 8 nitrogen and oxygen atoms in total. The zero-order valence-corrected chi connectivity index (χ0v) is 15.1. The SMILES string of the molecule is CCON=C1CN(C(=O)C(OCC)c2ccc(-c3noc(C)n3)cc2)C1. The molecular formula is C18H22N4O4. The van der Waals surface area contributed by atoms with Gasteiger partial charge < -0.3 is 19.0 Å². The van der Waals surface area contributed by atoms with Crippen LogP contribution in [-0.2, 0) is 14.4 Å². The van der Waals surface area contributed by atoms with Crippen LogP contribution in [-0.4, -0.2) is 53.0 Å². The van der Waals surface area contributed by atoms with Crippen LogP contribution in [0.2, 0.25) is 0 Å². The summed E-state index contributed by atoms with van der Waals surface area (Å²) in [7, 11) is 0. The van der Waals surface area contributed by atoms with E-state index in [1.165, 1.54) is 0 Å². The zero-order valence-electron chi connectivity index (χ0n) is 15.1. The van der Waals surface area contributed by atoms with E-state index in [1.54, 1.807) is 11.8 Å². The van der Waals surface area contributed by atoms with E-state index >= 15 is 0 Å². The van der Waals surface area contributed by atoms with Gasteiger partial charge in [-0.25, -0.2) is 0 Å². The maximum Gasteiger partial charge on any atom is 0.257 e. The number of ether oxygens (including phenoxy) is 1. The van der Waals surface area contributed by atoms with Gasteiger partial charge in [0.15, 0.2) is 6.10 Å². The topological polar surface area (TPSA) is 90.0 Å². The number of rotatable bonds is 7. The highest BCUT2D eigenvalue weighted by Crippen LogP contribution is 2.25. The lowest BCUT2D eigenvalue weighted by atomic mass is 10.0. The maximum absolute atomic E-state index is 12.8. The van der Waals surface area contributed by atoms with Crippen LogP contribution in [0.4, 0.5) is 0 Å². The number of amides is 1. The maximum atomic E-state index is 12.8. The van der Waals surface area contributed by atoms with Crippen molar-refractivity contribution in [2.45, 2.75) is 26.9 Å². The Morgan fingerprint density at radius 2 is 2.00 bits per heavy atom. The van der Waals surface area contributed by atoms with Crippen LogP contribution in [0.3, 0.4) is 0 Å². The molecule has 1 fully saturated rings. The number of aromatic nitrogens is 2. The first-order chi connectivity index (χ1) is 12.6. The van der Waals surface area contributed by atoms with E-state index in [0.717, 1.165) is 16.8 Å². The van der Waals surface area contributed by atoms with E-state index in [-0.39, 0.29) is 5.91 Å². The molecule has 1 unspecified atom stereocenters. The van der Waals surface area contributed by atoms with Crippen molar-refractivity contribution in [3.8, 4) is 11.4 Å². The predicted molar refractivity (Wildman–Crippen MR) is 94.5 cm³/mol. The van der Waals surface area contributed by atoms with E-state index in [1.807, 2.05) is 38.1 Å². The molecule has 1 aromatic carbocycles. The number of aryl methyl sites for hydroxylation is 1. The van der Waals surface area contributed by atoms with Gasteiger partial charge in [0.25, 0.3) is 5.91 Å². The van der Waals surface area contributed by atoms with Gasteiger partial charge in [0.05, 0.1) is 18.8 Å². The lowest BCUT2D eigenvalue weighted by Gasteiger charge is -2.34. The minimum Gasteiger partial charge on any atom is -0.396 e.